The van der Waals surface area contributed by atoms with Gasteiger partial charge in [-0.05, 0) is 47.9 Å². The molecule has 9 heteroatoms. The smallest absolute Gasteiger partial charge is 0.414 e. The van der Waals surface area contributed by atoms with Gasteiger partial charge in [0.2, 0.25) is 0 Å². The van der Waals surface area contributed by atoms with Gasteiger partial charge in [0.1, 0.15) is 23.7 Å². The van der Waals surface area contributed by atoms with Gasteiger partial charge in [-0.3, -0.25) is 15.1 Å². The number of ether oxygens (including phenoxy) is 2. The molecule has 1 heterocycles. The van der Waals surface area contributed by atoms with Crippen molar-refractivity contribution in [1.29, 1.82) is 5.41 Å². The maximum absolute atomic E-state index is 12.2. The summed E-state index contributed by atoms with van der Waals surface area (Å²) in [5.74, 6) is -0.718. The molecule has 1 amide bonds. The number of carboxylic acid groups (broad SMARTS) is 1. The average molecular weight is 441 g/mol. The highest BCUT2D eigenvalue weighted by Gasteiger charge is 2.37. The Hall–Kier alpha value is -3.59. The van der Waals surface area contributed by atoms with Crippen LogP contribution in [0.15, 0.2) is 48.5 Å². The predicted octanol–water partition coefficient (Wildman–Crippen LogP) is 2.36. The van der Waals surface area contributed by atoms with Crippen LogP contribution in [0.2, 0.25) is 0 Å². The SMILES string of the molecule is CC(C)C(N)(Cc1ccc(OCC2CN(c3ccc(C(=N)N)cc3)C(=O)O2)cc1)C(=O)O. The number of amides is 1. The molecule has 2 unspecified atom stereocenters. The number of amidine groups is 1. The Labute approximate surface area is 186 Å². The van der Waals surface area contributed by atoms with Crippen LogP contribution in [0.5, 0.6) is 5.75 Å². The molecule has 0 saturated carbocycles. The summed E-state index contributed by atoms with van der Waals surface area (Å²) in [7, 11) is 0. The number of rotatable bonds is 9. The fourth-order valence-electron chi connectivity index (χ4n) is 3.40. The Kier molecular flexibility index (Phi) is 6.69. The summed E-state index contributed by atoms with van der Waals surface area (Å²) in [6, 6.07) is 13.8. The highest BCUT2D eigenvalue weighted by Crippen LogP contribution is 2.24. The first-order chi connectivity index (χ1) is 15.1. The van der Waals surface area contributed by atoms with E-state index in [4.69, 9.17) is 26.4 Å². The van der Waals surface area contributed by atoms with Crippen LogP contribution in [0.25, 0.3) is 0 Å². The molecule has 0 radical (unpaired) electrons. The number of aliphatic carboxylic acids is 1. The molecule has 9 nitrogen and oxygen atoms in total. The van der Waals surface area contributed by atoms with E-state index in [1.54, 1.807) is 62.4 Å². The molecule has 3 rings (SSSR count). The van der Waals surface area contributed by atoms with Crippen molar-refractivity contribution in [3.8, 4) is 5.75 Å². The van der Waals surface area contributed by atoms with Crippen molar-refractivity contribution >= 4 is 23.6 Å². The second kappa shape index (κ2) is 9.27. The van der Waals surface area contributed by atoms with Crippen LogP contribution in [0.4, 0.5) is 10.5 Å². The van der Waals surface area contributed by atoms with Crippen molar-refractivity contribution in [2.24, 2.45) is 17.4 Å². The van der Waals surface area contributed by atoms with E-state index < -0.39 is 23.7 Å². The maximum Gasteiger partial charge on any atom is 0.414 e. The first-order valence-corrected chi connectivity index (χ1v) is 10.3. The van der Waals surface area contributed by atoms with Crippen LogP contribution < -0.4 is 21.1 Å². The second-order valence-electron chi connectivity index (χ2n) is 8.21. The topological polar surface area (TPSA) is 152 Å². The summed E-state index contributed by atoms with van der Waals surface area (Å²) in [6.07, 6.45) is -0.705. The van der Waals surface area contributed by atoms with Gasteiger partial charge in [0.15, 0.2) is 6.10 Å². The Balaban J connectivity index is 1.56. The number of nitrogens with one attached hydrogen (secondary N) is 1. The minimum absolute atomic E-state index is 0.0397. The predicted molar refractivity (Wildman–Crippen MR) is 120 cm³/mol. The summed E-state index contributed by atoms with van der Waals surface area (Å²) >= 11 is 0. The minimum atomic E-state index is -1.34. The number of hydrogen-bond donors (Lipinski definition) is 4. The largest absolute Gasteiger partial charge is 0.490 e. The number of carbonyl (C=O) groups excluding carboxylic acids is 1. The lowest BCUT2D eigenvalue weighted by molar-refractivity contribution is -0.145. The number of cyclic esters (lactones) is 1. The summed E-state index contributed by atoms with van der Waals surface area (Å²) < 4.78 is 11.1. The summed E-state index contributed by atoms with van der Waals surface area (Å²) in [5.41, 5.74) is 12.2. The van der Waals surface area contributed by atoms with Crippen molar-refractivity contribution < 1.29 is 24.2 Å². The van der Waals surface area contributed by atoms with Gasteiger partial charge in [-0.1, -0.05) is 26.0 Å². The fourth-order valence-corrected chi connectivity index (χ4v) is 3.40. The van der Waals surface area contributed by atoms with Gasteiger partial charge in [-0.25, -0.2) is 4.79 Å². The van der Waals surface area contributed by atoms with E-state index >= 15 is 0 Å². The quantitative estimate of drug-likeness (QED) is 0.345. The average Bonchev–Trinajstić information content (AvgIpc) is 3.13. The molecule has 0 aromatic heterocycles. The number of nitrogen functional groups attached to an aromatic ring is 1. The number of nitrogens with zero attached hydrogens (tertiary/aromatic N) is 1. The Morgan fingerprint density at radius 3 is 2.41 bits per heavy atom. The van der Waals surface area contributed by atoms with E-state index in [2.05, 4.69) is 0 Å². The van der Waals surface area contributed by atoms with Gasteiger partial charge >= 0.3 is 12.1 Å². The van der Waals surface area contributed by atoms with Crippen molar-refractivity contribution in [2.45, 2.75) is 31.9 Å². The van der Waals surface area contributed by atoms with Gasteiger partial charge in [-0.2, -0.15) is 0 Å². The van der Waals surface area contributed by atoms with Crippen molar-refractivity contribution in [3.63, 3.8) is 0 Å². The molecular weight excluding hydrogens is 412 g/mol. The van der Waals surface area contributed by atoms with Crippen molar-refractivity contribution in [1.82, 2.24) is 0 Å². The highest BCUT2D eigenvalue weighted by molar-refractivity contribution is 5.96. The highest BCUT2D eigenvalue weighted by atomic mass is 16.6. The summed E-state index contributed by atoms with van der Waals surface area (Å²) in [4.78, 5) is 25.3. The van der Waals surface area contributed by atoms with Crippen LogP contribution in [-0.4, -0.2) is 47.8 Å². The van der Waals surface area contributed by atoms with Gasteiger partial charge in [0, 0.05) is 17.7 Å². The molecule has 0 aliphatic carbocycles. The van der Waals surface area contributed by atoms with Crippen molar-refractivity contribution in [2.75, 3.05) is 18.1 Å². The zero-order valence-corrected chi connectivity index (χ0v) is 18.1. The number of carboxylic acids is 1. The molecule has 1 fully saturated rings. The minimum Gasteiger partial charge on any atom is -0.490 e. The van der Waals surface area contributed by atoms with Crippen molar-refractivity contribution in [3.05, 3.63) is 59.7 Å². The number of hydrogen-bond acceptors (Lipinski definition) is 6. The van der Waals surface area contributed by atoms with E-state index in [1.807, 2.05) is 0 Å². The van der Waals surface area contributed by atoms with Crippen LogP contribution in [0.1, 0.15) is 25.0 Å². The summed E-state index contributed by atoms with van der Waals surface area (Å²) in [6.45, 7) is 4.08. The maximum atomic E-state index is 12.2. The lowest BCUT2D eigenvalue weighted by Gasteiger charge is -2.29. The molecule has 1 aliphatic rings. The molecule has 2 aromatic carbocycles. The van der Waals surface area contributed by atoms with E-state index in [1.165, 1.54) is 4.90 Å². The number of anilines is 1. The third kappa shape index (κ3) is 5.00. The van der Waals surface area contributed by atoms with Crippen LogP contribution in [0, 0.1) is 11.3 Å². The first kappa shape index (κ1) is 23.1. The van der Waals surface area contributed by atoms with Crippen LogP contribution in [-0.2, 0) is 16.0 Å². The molecule has 0 spiro atoms. The fraction of sp³-hybridized carbons (Fsp3) is 0.348. The molecule has 0 bridgehead atoms. The van der Waals surface area contributed by atoms with E-state index in [0.717, 1.165) is 5.56 Å². The molecule has 6 N–H and O–H groups in total. The molecule has 2 aromatic rings. The van der Waals surface area contributed by atoms with E-state index in [0.29, 0.717) is 23.5 Å². The monoisotopic (exact) mass is 440 g/mol. The standard InChI is InChI=1S/C23H28N4O5/c1-14(2)23(26,21(28)29)11-15-3-9-18(10-4-15)31-13-19-12-27(22(30)32-19)17-7-5-16(6-8-17)20(24)25/h3-10,14,19H,11-13,26H2,1-2H3,(H3,24,25)(H,28,29). The zero-order chi connectivity index (χ0) is 23.5. The Morgan fingerprint density at radius 1 is 1.25 bits per heavy atom. The Bertz CT molecular complexity index is 990. The zero-order valence-electron chi connectivity index (χ0n) is 18.1. The molecule has 1 aliphatic heterocycles. The van der Waals surface area contributed by atoms with Gasteiger partial charge in [0.25, 0.3) is 0 Å². The third-order valence-electron chi connectivity index (χ3n) is 5.65. The van der Waals surface area contributed by atoms with Gasteiger partial charge < -0.3 is 26.0 Å². The van der Waals surface area contributed by atoms with E-state index in [-0.39, 0.29) is 24.8 Å². The lowest BCUT2D eigenvalue weighted by atomic mass is 9.82. The molecule has 1 saturated heterocycles. The van der Waals surface area contributed by atoms with Crippen LogP contribution in [0.3, 0.4) is 0 Å². The summed E-state index contributed by atoms with van der Waals surface area (Å²) in [5, 5.41) is 16.9. The second-order valence-corrected chi connectivity index (χ2v) is 8.21. The third-order valence-corrected chi connectivity index (χ3v) is 5.65. The van der Waals surface area contributed by atoms with Crippen LogP contribution >= 0.6 is 0 Å². The first-order valence-electron chi connectivity index (χ1n) is 10.3. The van der Waals surface area contributed by atoms with Gasteiger partial charge in [0.05, 0.1) is 6.54 Å². The number of nitrogens with two attached hydrogens (primary N) is 2. The molecule has 170 valence electrons. The lowest BCUT2D eigenvalue weighted by Crippen LogP contribution is -2.54. The number of benzene rings is 2. The molecule has 2 atom stereocenters. The normalized spacial score (nSPS) is 17.7. The molecule has 32 heavy (non-hydrogen) atoms. The van der Waals surface area contributed by atoms with E-state index in [9.17, 15) is 14.7 Å². The van der Waals surface area contributed by atoms with Gasteiger partial charge in [-0.15, -0.1) is 0 Å². The molecular formula is C23H28N4O5. The number of carbonyl (C=O) groups is 2. The Morgan fingerprint density at radius 2 is 1.88 bits per heavy atom.